The average molecular weight is 292 g/mol. The van der Waals surface area contributed by atoms with E-state index in [1.54, 1.807) is 4.31 Å². The monoisotopic (exact) mass is 292 g/mol. The van der Waals surface area contributed by atoms with Crippen molar-refractivity contribution < 1.29 is 13.6 Å². The molecule has 0 radical (unpaired) electrons. The normalized spacial score (nSPS) is 22.9. The highest BCUT2D eigenvalue weighted by Crippen LogP contribution is 2.19. The molecule has 0 aliphatic carbocycles. The number of piperidine rings is 1. The van der Waals surface area contributed by atoms with Crippen LogP contribution in [0.1, 0.15) is 19.3 Å². The van der Waals surface area contributed by atoms with Crippen molar-refractivity contribution in [3.63, 3.8) is 0 Å². The van der Waals surface area contributed by atoms with Crippen LogP contribution in [0.5, 0.6) is 0 Å². The van der Waals surface area contributed by atoms with Crippen molar-refractivity contribution in [3.8, 4) is 0 Å². The molecule has 1 unspecified atom stereocenters. The Labute approximate surface area is 115 Å². The Kier molecular flexibility index (Phi) is 6.02. The summed E-state index contributed by atoms with van der Waals surface area (Å²) in [5, 5.41) is 11.4. The van der Waals surface area contributed by atoms with E-state index in [1.807, 2.05) is 7.05 Å². The molecule has 0 amide bonds. The van der Waals surface area contributed by atoms with Crippen LogP contribution in [0.3, 0.4) is 0 Å². The minimum atomic E-state index is -3.08. The summed E-state index contributed by atoms with van der Waals surface area (Å²) in [4.78, 5) is 2.09. The molecular formula is C11H24N4O3S. The lowest BCUT2D eigenvalue weighted by molar-refractivity contribution is 0.203. The lowest BCUT2D eigenvalue weighted by atomic mass is 9.99. The van der Waals surface area contributed by atoms with Gasteiger partial charge in [-0.15, -0.1) is 0 Å². The summed E-state index contributed by atoms with van der Waals surface area (Å²) in [5.74, 6) is 0.564. The summed E-state index contributed by atoms with van der Waals surface area (Å²) in [6.07, 6.45) is 3.72. The number of hydrogen-bond donors (Lipinski definition) is 2. The molecular weight excluding hydrogens is 268 g/mol. The first-order chi connectivity index (χ1) is 8.82. The topological polar surface area (TPSA) is 99.2 Å². The second-order valence-corrected chi connectivity index (χ2v) is 7.22. The molecule has 0 bridgehead atoms. The number of nitrogens with zero attached hydrogens (tertiary/aromatic N) is 3. The highest BCUT2D eigenvalue weighted by Gasteiger charge is 2.26. The predicted octanol–water partition coefficient (Wildman–Crippen LogP) is -0.274. The van der Waals surface area contributed by atoms with Crippen molar-refractivity contribution in [2.75, 3.05) is 39.5 Å². The molecule has 0 spiro atoms. The summed E-state index contributed by atoms with van der Waals surface area (Å²) < 4.78 is 24.6. The Morgan fingerprint density at radius 1 is 1.58 bits per heavy atom. The summed E-state index contributed by atoms with van der Waals surface area (Å²) >= 11 is 0. The molecule has 0 saturated carbocycles. The van der Waals surface area contributed by atoms with Gasteiger partial charge < -0.3 is 15.8 Å². The van der Waals surface area contributed by atoms with E-state index in [0.717, 1.165) is 19.4 Å². The van der Waals surface area contributed by atoms with Gasteiger partial charge in [0.15, 0.2) is 0 Å². The smallest absolute Gasteiger partial charge is 0.211 e. The zero-order valence-electron chi connectivity index (χ0n) is 11.6. The highest BCUT2D eigenvalue weighted by molar-refractivity contribution is 7.88. The van der Waals surface area contributed by atoms with Crippen molar-refractivity contribution in [1.82, 2.24) is 9.21 Å². The molecule has 7 nitrogen and oxygen atoms in total. The third-order valence-corrected chi connectivity index (χ3v) is 4.67. The minimum Gasteiger partial charge on any atom is -0.409 e. The number of hydrogen-bond acceptors (Lipinski definition) is 5. The van der Waals surface area contributed by atoms with Gasteiger partial charge in [0, 0.05) is 32.6 Å². The standard InChI is InChI=1S/C11H24N4O3S/c1-14(7-5-11(12)13-16)8-10-4-3-6-15(9-10)19(2,17)18/h10,16H,3-9H2,1-2H3,(H2,12,13). The van der Waals surface area contributed by atoms with Gasteiger partial charge in [-0.05, 0) is 25.8 Å². The van der Waals surface area contributed by atoms with Crippen molar-refractivity contribution in [2.24, 2.45) is 16.8 Å². The molecule has 1 aliphatic heterocycles. The molecule has 1 atom stereocenters. The molecule has 0 aromatic rings. The second kappa shape index (κ2) is 7.06. The Balaban J connectivity index is 2.40. The van der Waals surface area contributed by atoms with Gasteiger partial charge in [-0.1, -0.05) is 5.16 Å². The van der Waals surface area contributed by atoms with E-state index in [4.69, 9.17) is 10.9 Å². The van der Waals surface area contributed by atoms with Gasteiger partial charge in [0.25, 0.3) is 0 Å². The van der Waals surface area contributed by atoms with Gasteiger partial charge >= 0.3 is 0 Å². The molecule has 19 heavy (non-hydrogen) atoms. The summed E-state index contributed by atoms with van der Waals surface area (Å²) in [6.45, 7) is 2.74. The van der Waals surface area contributed by atoms with E-state index >= 15 is 0 Å². The first-order valence-corrected chi connectivity index (χ1v) is 8.28. The first kappa shape index (κ1) is 16.2. The van der Waals surface area contributed by atoms with E-state index in [-0.39, 0.29) is 5.84 Å². The number of oxime groups is 1. The van der Waals surface area contributed by atoms with E-state index < -0.39 is 10.0 Å². The van der Waals surface area contributed by atoms with Gasteiger partial charge in [0.2, 0.25) is 10.0 Å². The van der Waals surface area contributed by atoms with Crippen LogP contribution in [0.4, 0.5) is 0 Å². The fraction of sp³-hybridized carbons (Fsp3) is 0.909. The lowest BCUT2D eigenvalue weighted by Gasteiger charge is -2.33. The van der Waals surface area contributed by atoms with Gasteiger partial charge in [-0.3, -0.25) is 0 Å². The lowest BCUT2D eigenvalue weighted by Crippen LogP contribution is -2.43. The number of rotatable bonds is 6. The summed E-state index contributed by atoms with van der Waals surface area (Å²) in [6, 6.07) is 0. The predicted molar refractivity (Wildman–Crippen MR) is 74.7 cm³/mol. The fourth-order valence-electron chi connectivity index (χ4n) is 2.36. The van der Waals surface area contributed by atoms with E-state index in [1.165, 1.54) is 6.26 Å². The zero-order valence-corrected chi connectivity index (χ0v) is 12.4. The summed E-state index contributed by atoms with van der Waals surface area (Å²) in [5.41, 5.74) is 5.42. The zero-order chi connectivity index (χ0) is 14.5. The maximum absolute atomic E-state index is 11.5. The third-order valence-electron chi connectivity index (χ3n) is 3.40. The highest BCUT2D eigenvalue weighted by atomic mass is 32.2. The molecule has 1 saturated heterocycles. The van der Waals surface area contributed by atoms with Crippen LogP contribution in [0.15, 0.2) is 5.16 Å². The maximum Gasteiger partial charge on any atom is 0.211 e. The minimum absolute atomic E-state index is 0.216. The number of nitrogens with two attached hydrogens (primary N) is 1. The van der Waals surface area contributed by atoms with Crippen LogP contribution in [-0.2, 0) is 10.0 Å². The van der Waals surface area contributed by atoms with Crippen molar-refractivity contribution in [2.45, 2.75) is 19.3 Å². The molecule has 1 heterocycles. The molecule has 3 N–H and O–H groups in total. The largest absolute Gasteiger partial charge is 0.409 e. The Morgan fingerprint density at radius 3 is 2.84 bits per heavy atom. The van der Waals surface area contributed by atoms with Crippen LogP contribution in [-0.4, -0.2) is 68.1 Å². The Hall–Kier alpha value is -0.860. The SMILES string of the molecule is CN(CCC(N)=NO)CC1CCCN(S(C)(=O)=O)C1. The van der Waals surface area contributed by atoms with E-state index in [2.05, 4.69) is 10.1 Å². The Morgan fingerprint density at radius 2 is 2.26 bits per heavy atom. The molecule has 1 fully saturated rings. The third kappa shape index (κ3) is 5.75. The van der Waals surface area contributed by atoms with Crippen LogP contribution in [0.2, 0.25) is 0 Å². The van der Waals surface area contributed by atoms with Gasteiger partial charge in [0.05, 0.1) is 6.26 Å². The molecule has 112 valence electrons. The van der Waals surface area contributed by atoms with E-state index in [9.17, 15) is 8.42 Å². The molecule has 1 rings (SSSR count). The van der Waals surface area contributed by atoms with Crippen LogP contribution in [0, 0.1) is 5.92 Å². The van der Waals surface area contributed by atoms with Gasteiger partial charge in [-0.2, -0.15) is 0 Å². The van der Waals surface area contributed by atoms with Crippen LogP contribution < -0.4 is 5.73 Å². The maximum atomic E-state index is 11.5. The number of sulfonamides is 1. The fourth-order valence-corrected chi connectivity index (χ4v) is 3.31. The second-order valence-electron chi connectivity index (χ2n) is 5.23. The van der Waals surface area contributed by atoms with Crippen molar-refractivity contribution in [1.29, 1.82) is 0 Å². The first-order valence-electron chi connectivity index (χ1n) is 6.43. The van der Waals surface area contributed by atoms with Crippen molar-refractivity contribution in [3.05, 3.63) is 0 Å². The molecule has 0 aromatic carbocycles. The van der Waals surface area contributed by atoms with Crippen LogP contribution >= 0.6 is 0 Å². The van der Waals surface area contributed by atoms with Crippen molar-refractivity contribution >= 4 is 15.9 Å². The quantitative estimate of drug-likeness (QED) is 0.304. The van der Waals surface area contributed by atoms with Gasteiger partial charge in [0.1, 0.15) is 5.84 Å². The van der Waals surface area contributed by atoms with Crippen LogP contribution in [0.25, 0.3) is 0 Å². The molecule has 0 aromatic heterocycles. The van der Waals surface area contributed by atoms with Gasteiger partial charge in [-0.25, -0.2) is 12.7 Å². The molecule has 1 aliphatic rings. The Bertz CT molecular complexity index is 410. The van der Waals surface area contributed by atoms with E-state index in [0.29, 0.717) is 32.0 Å². The average Bonchev–Trinajstić information content (AvgIpc) is 2.35. The number of amidine groups is 1. The summed E-state index contributed by atoms with van der Waals surface area (Å²) in [7, 11) is -1.12. The molecule has 8 heteroatoms.